The zero-order valence-electron chi connectivity index (χ0n) is 16.0. The van der Waals surface area contributed by atoms with Gasteiger partial charge in [0.25, 0.3) is 0 Å². The third-order valence-electron chi connectivity index (χ3n) is 6.48. The minimum Gasteiger partial charge on any atom is -0.353 e. The van der Waals surface area contributed by atoms with Crippen LogP contribution in [0.1, 0.15) is 62.5 Å². The summed E-state index contributed by atoms with van der Waals surface area (Å²) in [7, 11) is -3.46. The number of sulfonamides is 1. The van der Waals surface area contributed by atoms with Crippen molar-refractivity contribution in [1.82, 2.24) is 9.62 Å². The molecular formula is C21H30N2O3S. The molecule has 0 spiro atoms. The van der Waals surface area contributed by atoms with Crippen LogP contribution in [0.2, 0.25) is 0 Å². The van der Waals surface area contributed by atoms with Crippen LogP contribution in [0.5, 0.6) is 0 Å². The monoisotopic (exact) mass is 390 g/mol. The number of nitrogens with one attached hydrogen (secondary N) is 1. The summed E-state index contributed by atoms with van der Waals surface area (Å²) in [5, 5.41) is 3.20. The molecule has 1 amide bonds. The SMILES string of the molecule is O=C(NC1CCCCC1)C1CCN(S(=O)(=O)c2ccc3c(c2)CCC3)CC1. The van der Waals surface area contributed by atoms with E-state index in [4.69, 9.17) is 0 Å². The Hall–Kier alpha value is -1.40. The van der Waals surface area contributed by atoms with Crippen LogP contribution in [0.4, 0.5) is 0 Å². The number of carbonyl (C=O) groups excluding carboxylic acids is 1. The summed E-state index contributed by atoms with van der Waals surface area (Å²) in [5.74, 6) is 0.0647. The van der Waals surface area contributed by atoms with Gasteiger partial charge in [0.05, 0.1) is 4.90 Å². The number of piperidine rings is 1. The van der Waals surface area contributed by atoms with E-state index < -0.39 is 10.0 Å². The van der Waals surface area contributed by atoms with Crippen LogP contribution in [0.3, 0.4) is 0 Å². The van der Waals surface area contributed by atoms with Gasteiger partial charge in [-0.15, -0.1) is 0 Å². The van der Waals surface area contributed by atoms with Crippen LogP contribution in [0.25, 0.3) is 0 Å². The van der Waals surface area contributed by atoms with Gasteiger partial charge in [-0.2, -0.15) is 4.31 Å². The molecule has 2 fully saturated rings. The average molecular weight is 391 g/mol. The van der Waals surface area contributed by atoms with E-state index in [1.54, 1.807) is 10.4 Å². The molecule has 0 atom stereocenters. The van der Waals surface area contributed by atoms with E-state index in [0.29, 0.717) is 36.9 Å². The smallest absolute Gasteiger partial charge is 0.243 e. The summed E-state index contributed by atoms with van der Waals surface area (Å²) in [4.78, 5) is 13.0. The van der Waals surface area contributed by atoms with Gasteiger partial charge in [-0.25, -0.2) is 8.42 Å². The molecule has 1 aromatic rings. The second-order valence-corrected chi connectivity index (χ2v) is 10.2. The minimum absolute atomic E-state index is 0.0570. The molecule has 1 heterocycles. The molecule has 6 heteroatoms. The summed E-state index contributed by atoms with van der Waals surface area (Å²) >= 11 is 0. The lowest BCUT2D eigenvalue weighted by molar-refractivity contribution is -0.127. The van der Waals surface area contributed by atoms with Crippen molar-refractivity contribution in [1.29, 1.82) is 0 Å². The molecular weight excluding hydrogens is 360 g/mol. The number of carbonyl (C=O) groups is 1. The number of rotatable bonds is 4. The Kier molecular flexibility index (Phi) is 5.55. The molecule has 1 saturated heterocycles. The van der Waals surface area contributed by atoms with Gasteiger partial charge in [0.15, 0.2) is 0 Å². The van der Waals surface area contributed by atoms with Gasteiger partial charge >= 0.3 is 0 Å². The fourth-order valence-electron chi connectivity index (χ4n) is 4.78. The van der Waals surface area contributed by atoms with Crippen molar-refractivity contribution in [2.45, 2.75) is 75.1 Å². The van der Waals surface area contributed by atoms with Gasteiger partial charge in [0, 0.05) is 25.0 Å². The Bertz CT molecular complexity index is 792. The molecule has 1 saturated carbocycles. The van der Waals surface area contributed by atoms with E-state index >= 15 is 0 Å². The summed E-state index contributed by atoms with van der Waals surface area (Å²) in [6, 6.07) is 5.90. The van der Waals surface area contributed by atoms with E-state index in [1.165, 1.54) is 30.4 Å². The summed E-state index contributed by atoms with van der Waals surface area (Å²) in [6.07, 6.45) is 10.2. The van der Waals surface area contributed by atoms with Gasteiger partial charge in [-0.05, 0) is 68.2 Å². The molecule has 3 aliphatic rings. The molecule has 148 valence electrons. The largest absolute Gasteiger partial charge is 0.353 e. The third-order valence-corrected chi connectivity index (χ3v) is 8.38. The first kappa shape index (κ1) is 18.9. The predicted octanol–water partition coefficient (Wildman–Crippen LogP) is 3.02. The zero-order chi connectivity index (χ0) is 18.9. The highest BCUT2D eigenvalue weighted by Gasteiger charge is 2.33. The number of hydrogen-bond donors (Lipinski definition) is 1. The standard InChI is InChI=1S/C21H30N2O3S/c24-21(22-19-7-2-1-3-8-19)17-11-13-23(14-12-17)27(25,26)20-10-9-16-5-4-6-18(16)15-20/h9-10,15,17,19H,1-8,11-14H2,(H,22,24). The second kappa shape index (κ2) is 7.92. The average Bonchev–Trinajstić information content (AvgIpc) is 3.17. The molecule has 0 bridgehead atoms. The van der Waals surface area contributed by atoms with E-state index in [0.717, 1.165) is 32.1 Å². The number of benzene rings is 1. The molecule has 4 rings (SSSR count). The fraction of sp³-hybridized carbons (Fsp3) is 0.667. The van der Waals surface area contributed by atoms with Crippen LogP contribution in [-0.4, -0.2) is 37.8 Å². The predicted molar refractivity (Wildman–Crippen MR) is 105 cm³/mol. The molecule has 1 N–H and O–H groups in total. The van der Waals surface area contributed by atoms with Gasteiger partial charge < -0.3 is 5.32 Å². The molecule has 0 unspecified atom stereocenters. The van der Waals surface area contributed by atoms with Crippen molar-refractivity contribution < 1.29 is 13.2 Å². The summed E-state index contributed by atoms with van der Waals surface area (Å²) in [5.41, 5.74) is 2.46. The zero-order valence-corrected chi connectivity index (χ0v) is 16.8. The maximum Gasteiger partial charge on any atom is 0.243 e. The van der Waals surface area contributed by atoms with Crippen molar-refractivity contribution in [2.24, 2.45) is 5.92 Å². The normalized spacial score (nSPS) is 22.5. The highest BCUT2D eigenvalue weighted by molar-refractivity contribution is 7.89. The van der Waals surface area contributed by atoms with Crippen LogP contribution in [0.15, 0.2) is 23.1 Å². The minimum atomic E-state index is -3.46. The summed E-state index contributed by atoms with van der Waals surface area (Å²) in [6.45, 7) is 0.865. The molecule has 0 aromatic heterocycles. The second-order valence-electron chi connectivity index (χ2n) is 8.31. The van der Waals surface area contributed by atoms with E-state index in [1.807, 2.05) is 12.1 Å². The van der Waals surface area contributed by atoms with Gasteiger partial charge in [-0.1, -0.05) is 25.3 Å². The molecule has 5 nitrogen and oxygen atoms in total. The first-order chi connectivity index (χ1) is 13.0. The van der Waals surface area contributed by atoms with Crippen molar-refractivity contribution in [3.63, 3.8) is 0 Å². The third kappa shape index (κ3) is 4.06. The lowest BCUT2D eigenvalue weighted by Crippen LogP contribution is -2.45. The van der Waals surface area contributed by atoms with E-state index in [-0.39, 0.29) is 11.8 Å². The maximum atomic E-state index is 13.0. The van der Waals surface area contributed by atoms with Crippen molar-refractivity contribution >= 4 is 15.9 Å². The number of nitrogens with zero attached hydrogens (tertiary/aromatic N) is 1. The first-order valence-corrected chi connectivity index (χ1v) is 11.9. The van der Waals surface area contributed by atoms with Crippen LogP contribution < -0.4 is 5.32 Å². The lowest BCUT2D eigenvalue weighted by atomic mass is 9.93. The number of fused-ring (bicyclic) bond motifs is 1. The van der Waals surface area contributed by atoms with Crippen LogP contribution >= 0.6 is 0 Å². The molecule has 1 aromatic carbocycles. The highest BCUT2D eigenvalue weighted by atomic mass is 32.2. The molecule has 0 radical (unpaired) electrons. The Balaban J connectivity index is 1.36. The topological polar surface area (TPSA) is 66.5 Å². The molecule has 2 aliphatic carbocycles. The van der Waals surface area contributed by atoms with Crippen LogP contribution in [0, 0.1) is 5.92 Å². The van der Waals surface area contributed by atoms with E-state index in [9.17, 15) is 13.2 Å². The van der Waals surface area contributed by atoms with Crippen molar-refractivity contribution in [2.75, 3.05) is 13.1 Å². The lowest BCUT2D eigenvalue weighted by Gasteiger charge is -2.32. The number of amides is 1. The van der Waals surface area contributed by atoms with Crippen molar-refractivity contribution in [3.05, 3.63) is 29.3 Å². The Morgan fingerprint density at radius 2 is 1.63 bits per heavy atom. The molecule has 1 aliphatic heterocycles. The van der Waals surface area contributed by atoms with Gasteiger partial charge in [-0.3, -0.25) is 4.79 Å². The van der Waals surface area contributed by atoms with Crippen molar-refractivity contribution in [3.8, 4) is 0 Å². The van der Waals surface area contributed by atoms with E-state index in [2.05, 4.69) is 5.32 Å². The number of hydrogen-bond acceptors (Lipinski definition) is 3. The summed E-state index contributed by atoms with van der Waals surface area (Å²) < 4.78 is 27.6. The maximum absolute atomic E-state index is 13.0. The Morgan fingerprint density at radius 1 is 0.926 bits per heavy atom. The first-order valence-electron chi connectivity index (χ1n) is 10.5. The van der Waals surface area contributed by atoms with Gasteiger partial charge in [0.2, 0.25) is 15.9 Å². The fourth-order valence-corrected chi connectivity index (χ4v) is 6.30. The Labute approximate surface area is 162 Å². The number of aryl methyl sites for hydroxylation is 2. The quantitative estimate of drug-likeness (QED) is 0.859. The Morgan fingerprint density at radius 3 is 2.37 bits per heavy atom. The molecule has 27 heavy (non-hydrogen) atoms. The highest BCUT2D eigenvalue weighted by Crippen LogP contribution is 2.29. The van der Waals surface area contributed by atoms with Crippen LogP contribution in [-0.2, 0) is 27.7 Å². The van der Waals surface area contributed by atoms with Gasteiger partial charge in [0.1, 0.15) is 0 Å².